The molecule has 0 bridgehead atoms. The van der Waals surface area contributed by atoms with Gasteiger partial charge in [-0.05, 0) is 23.8 Å². The molecule has 1 fully saturated rings. The predicted molar refractivity (Wildman–Crippen MR) is 87.9 cm³/mol. The molecule has 3 nitrogen and oxygen atoms in total. The third-order valence-corrected chi connectivity index (χ3v) is 4.32. The average molecular weight is 314 g/mol. The molecule has 0 N–H and O–H groups in total. The normalized spacial score (nSPS) is 15.8. The van der Waals surface area contributed by atoms with E-state index in [0.717, 1.165) is 43.3 Å². The Hall–Kier alpha value is -1.84. The Bertz CT molecular complexity index is 637. The number of nitrogens with zero attached hydrogens (tertiary/aromatic N) is 2. The van der Waals surface area contributed by atoms with E-state index in [4.69, 9.17) is 11.6 Å². The summed E-state index contributed by atoms with van der Waals surface area (Å²) in [7, 11) is 0. The van der Waals surface area contributed by atoms with Crippen LogP contribution in [0.4, 0.5) is 0 Å². The summed E-state index contributed by atoms with van der Waals surface area (Å²) in [5, 5.41) is 0.805. The van der Waals surface area contributed by atoms with Gasteiger partial charge in [0.25, 0.3) is 5.91 Å². The van der Waals surface area contributed by atoms with E-state index in [-0.39, 0.29) is 5.91 Å². The van der Waals surface area contributed by atoms with Gasteiger partial charge in [0.15, 0.2) is 0 Å². The molecule has 0 unspecified atom stereocenters. The van der Waals surface area contributed by atoms with Crippen LogP contribution in [0.3, 0.4) is 0 Å². The molecule has 1 radical (unpaired) electrons. The molecule has 1 saturated heterocycles. The Morgan fingerprint density at radius 3 is 2.45 bits per heavy atom. The molecule has 3 rings (SSSR count). The lowest BCUT2D eigenvalue weighted by Crippen LogP contribution is -2.48. The summed E-state index contributed by atoms with van der Waals surface area (Å²) in [5.41, 5.74) is 1.78. The van der Waals surface area contributed by atoms with Crippen molar-refractivity contribution in [1.29, 1.82) is 0 Å². The average Bonchev–Trinajstić information content (AvgIpc) is 2.58. The van der Waals surface area contributed by atoms with E-state index in [0.29, 0.717) is 5.56 Å². The topological polar surface area (TPSA) is 23.6 Å². The molecular formula is C18H18ClN2O. The van der Waals surface area contributed by atoms with Crippen molar-refractivity contribution < 1.29 is 4.79 Å². The Kier molecular flexibility index (Phi) is 4.76. The minimum absolute atomic E-state index is 0.0676. The van der Waals surface area contributed by atoms with Gasteiger partial charge in [-0.3, -0.25) is 9.69 Å². The van der Waals surface area contributed by atoms with Crippen molar-refractivity contribution in [2.24, 2.45) is 0 Å². The number of piperazine rings is 1. The van der Waals surface area contributed by atoms with Crippen LogP contribution in [0.5, 0.6) is 0 Å². The van der Waals surface area contributed by atoms with Gasteiger partial charge in [-0.1, -0.05) is 48.0 Å². The van der Waals surface area contributed by atoms with Crippen LogP contribution in [-0.2, 0) is 6.54 Å². The highest BCUT2D eigenvalue weighted by atomic mass is 35.5. The van der Waals surface area contributed by atoms with Gasteiger partial charge < -0.3 is 4.90 Å². The minimum atomic E-state index is 0.0676. The maximum atomic E-state index is 12.4. The number of carbonyl (C=O) groups excluding carboxylic acids is 1. The molecule has 1 aliphatic rings. The maximum Gasteiger partial charge on any atom is 0.254 e. The lowest BCUT2D eigenvalue weighted by atomic mass is 10.1. The molecule has 113 valence electrons. The quantitative estimate of drug-likeness (QED) is 0.869. The monoisotopic (exact) mass is 313 g/mol. The summed E-state index contributed by atoms with van der Waals surface area (Å²) < 4.78 is 0. The van der Waals surface area contributed by atoms with Gasteiger partial charge in [-0.25, -0.2) is 0 Å². The molecule has 4 heteroatoms. The first-order valence-corrected chi connectivity index (χ1v) is 7.83. The maximum absolute atomic E-state index is 12.4. The van der Waals surface area contributed by atoms with Crippen LogP contribution in [0.25, 0.3) is 0 Å². The number of hydrogen-bond acceptors (Lipinski definition) is 2. The Labute approximate surface area is 136 Å². The lowest BCUT2D eigenvalue weighted by molar-refractivity contribution is 0.0628. The minimum Gasteiger partial charge on any atom is -0.336 e. The molecule has 1 amide bonds. The number of hydrogen-bond donors (Lipinski definition) is 0. The van der Waals surface area contributed by atoms with E-state index in [1.54, 1.807) is 6.07 Å². The number of amides is 1. The highest BCUT2D eigenvalue weighted by molar-refractivity contribution is 6.31. The van der Waals surface area contributed by atoms with Gasteiger partial charge in [0.1, 0.15) is 0 Å². The van der Waals surface area contributed by atoms with Crippen molar-refractivity contribution in [2.75, 3.05) is 26.2 Å². The van der Waals surface area contributed by atoms with Gasteiger partial charge in [-0.15, -0.1) is 0 Å². The van der Waals surface area contributed by atoms with Crippen molar-refractivity contribution in [3.8, 4) is 0 Å². The molecule has 1 aliphatic heterocycles. The zero-order chi connectivity index (χ0) is 15.4. The Balaban J connectivity index is 1.57. The first-order valence-electron chi connectivity index (χ1n) is 7.46. The lowest BCUT2D eigenvalue weighted by Gasteiger charge is -2.34. The molecule has 0 spiro atoms. The first kappa shape index (κ1) is 15.1. The van der Waals surface area contributed by atoms with Crippen LogP contribution in [-0.4, -0.2) is 41.9 Å². The van der Waals surface area contributed by atoms with Gasteiger partial charge in [0, 0.05) is 43.3 Å². The smallest absolute Gasteiger partial charge is 0.254 e. The molecule has 2 aromatic carbocycles. The molecule has 2 aromatic rings. The van der Waals surface area contributed by atoms with Crippen LogP contribution < -0.4 is 0 Å². The fourth-order valence-corrected chi connectivity index (χ4v) is 2.87. The van der Waals surface area contributed by atoms with Crippen molar-refractivity contribution >= 4 is 17.5 Å². The largest absolute Gasteiger partial charge is 0.336 e. The summed E-state index contributed by atoms with van der Waals surface area (Å²) in [6.07, 6.45) is 0. The summed E-state index contributed by atoms with van der Waals surface area (Å²) in [4.78, 5) is 16.6. The van der Waals surface area contributed by atoms with E-state index in [1.807, 2.05) is 41.3 Å². The number of halogens is 1. The third-order valence-electron chi connectivity index (χ3n) is 3.95. The molecule has 22 heavy (non-hydrogen) atoms. The van der Waals surface area contributed by atoms with Crippen LogP contribution in [0.15, 0.2) is 48.5 Å². The molecule has 0 aromatic heterocycles. The Morgan fingerprint density at radius 1 is 1.05 bits per heavy atom. The second kappa shape index (κ2) is 6.95. The van der Waals surface area contributed by atoms with E-state index in [2.05, 4.69) is 17.0 Å². The molecule has 0 saturated carbocycles. The van der Waals surface area contributed by atoms with Gasteiger partial charge in [-0.2, -0.15) is 0 Å². The fraction of sp³-hybridized carbons (Fsp3) is 0.278. The number of benzene rings is 2. The zero-order valence-electron chi connectivity index (χ0n) is 12.3. The third kappa shape index (κ3) is 3.49. The van der Waals surface area contributed by atoms with E-state index in [1.165, 1.54) is 0 Å². The van der Waals surface area contributed by atoms with Crippen LogP contribution in [0, 0.1) is 6.07 Å². The van der Waals surface area contributed by atoms with Gasteiger partial charge in [0.2, 0.25) is 0 Å². The first-order chi connectivity index (χ1) is 10.7. The second-order valence-electron chi connectivity index (χ2n) is 5.44. The SMILES string of the molecule is O=C(c1[c]cccc1)N1CCN(Cc2ccccc2Cl)CC1. The van der Waals surface area contributed by atoms with E-state index in [9.17, 15) is 4.79 Å². The van der Waals surface area contributed by atoms with Gasteiger partial charge >= 0.3 is 0 Å². The van der Waals surface area contributed by atoms with Crippen LogP contribution >= 0.6 is 11.6 Å². The molecule has 1 heterocycles. The van der Waals surface area contributed by atoms with Crippen molar-refractivity contribution in [3.05, 3.63) is 70.7 Å². The van der Waals surface area contributed by atoms with Crippen LogP contribution in [0.1, 0.15) is 15.9 Å². The van der Waals surface area contributed by atoms with E-state index < -0.39 is 0 Å². The summed E-state index contributed by atoms with van der Waals surface area (Å²) >= 11 is 6.21. The summed E-state index contributed by atoms with van der Waals surface area (Å²) in [6.45, 7) is 4.05. The standard InChI is InChI=1S/C18H18ClN2O/c19-17-9-5-4-8-16(17)14-20-10-12-21(13-11-20)18(22)15-6-2-1-3-7-15/h1-6,8-9H,10-14H2. The number of rotatable bonds is 3. The van der Waals surface area contributed by atoms with Crippen molar-refractivity contribution in [2.45, 2.75) is 6.54 Å². The highest BCUT2D eigenvalue weighted by Crippen LogP contribution is 2.18. The Morgan fingerprint density at radius 2 is 1.77 bits per heavy atom. The van der Waals surface area contributed by atoms with E-state index >= 15 is 0 Å². The zero-order valence-corrected chi connectivity index (χ0v) is 13.1. The number of carbonyl (C=O) groups is 1. The molecular weight excluding hydrogens is 296 g/mol. The molecule has 0 atom stereocenters. The fourth-order valence-electron chi connectivity index (χ4n) is 2.67. The summed E-state index contributed by atoms with van der Waals surface area (Å²) in [6, 6.07) is 18.3. The molecule has 0 aliphatic carbocycles. The second-order valence-corrected chi connectivity index (χ2v) is 5.84. The van der Waals surface area contributed by atoms with Crippen molar-refractivity contribution in [3.63, 3.8) is 0 Å². The van der Waals surface area contributed by atoms with Crippen LogP contribution in [0.2, 0.25) is 5.02 Å². The highest BCUT2D eigenvalue weighted by Gasteiger charge is 2.22. The van der Waals surface area contributed by atoms with Crippen molar-refractivity contribution in [1.82, 2.24) is 9.80 Å². The predicted octanol–water partition coefficient (Wildman–Crippen LogP) is 3.10. The van der Waals surface area contributed by atoms with Gasteiger partial charge in [0.05, 0.1) is 0 Å². The summed E-state index contributed by atoms with van der Waals surface area (Å²) in [5.74, 6) is 0.0676.